The number of aromatic nitrogens is 1. The number of thiazole rings is 1. The Morgan fingerprint density at radius 2 is 1.95 bits per heavy atom. The number of para-hydroxylation sites is 1. The van der Waals surface area contributed by atoms with Crippen LogP contribution in [-0.2, 0) is 9.59 Å². The Kier molecular flexibility index (Phi) is 5.68. The van der Waals surface area contributed by atoms with E-state index in [9.17, 15) is 9.59 Å². The average molecular weight is 305 g/mol. The number of hydrogen-bond acceptors (Lipinski definition) is 4. The van der Waals surface area contributed by atoms with Gasteiger partial charge in [-0.05, 0) is 18.6 Å². The Hall–Kier alpha value is -1.95. The molecule has 1 aromatic heterocycles. The van der Waals surface area contributed by atoms with Crippen LogP contribution in [0.1, 0.15) is 32.6 Å². The van der Waals surface area contributed by atoms with Gasteiger partial charge in [-0.25, -0.2) is 4.98 Å². The van der Waals surface area contributed by atoms with Crippen molar-refractivity contribution in [3.63, 3.8) is 0 Å². The van der Waals surface area contributed by atoms with Crippen LogP contribution in [0.5, 0.6) is 0 Å². The molecule has 0 fully saturated rings. The zero-order chi connectivity index (χ0) is 15.1. The van der Waals surface area contributed by atoms with Gasteiger partial charge < -0.3 is 10.6 Å². The molecule has 112 valence electrons. The highest BCUT2D eigenvalue weighted by molar-refractivity contribution is 7.22. The Morgan fingerprint density at radius 1 is 1.19 bits per heavy atom. The fourth-order valence-electron chi connectivity index (χ4n) is 1.83. The van der Waals surface area contributed by atoms with Gasteiger partial charge in [0.1, 0.15) is 0 Å². The Balaban J connectivity index is 1.77. The van der Waals surface area contributed by atoms with Crippen molar-refractivity contribution in [2.75, 3.05) is 11.9 Å². The summed E-state index contributed by atoms with van der Waals surface area (Å²) in [6.45, 7) is 2.74. The molecule has 2 aromatic rings. The molecule has 0 bridgehead atoms. The van der Waals surface area contributed by atoms with Crippen LogP contribution in [0, 0.1) is 0 Å². The van der Waals surface area contributed by atoms with Crippen molar-refractivity contribution in [3.8, 4) is 0 Å². The van der Waals surface area contributed by atoms with E-state index in [-0.39, 0.29) is 24.7 Å². The number of nitrogens with zero attached hydrogens (tertiary/aromatic N) is 1. The van der Waals surface area contributed by atoms with Crippen molar-refractivity contribution in [2.24, 2.45) is 0 Å². The third-order valence-electron chi connectivity index (χ3n) is 2.97. The highest BCUT2D eigenvalue weighted by atomic mass is 32.1. The summed E-state index contributed by atoms with van der Waals surface area (Å²) in [7, 11) is 0. The van der Waals surface area contributed by atoms with Crippen molar-refractivity contribution < 1.29 is 9.59 Å². The second kappa shape index (κ2) is 7.73. The lowest BCUT2D eigenvalue weighted by Crippen LogP contribution is -2.25. The van der Waals surface area contributed by atoms with E-state index in [4.69, 9.17) is 0 Å². The van der Waals surface area contributed by atoms with Crippen molar-refractivity contribution in [2.45, 2.75) is 32.6 Å². The molecule has 0 atom stereocenters. The molecule has 2 N–H and O–H groups in total. The molecule has 2 rings (SSSR count). The SMILES string of the molecule is CCCCNC(=O)CCC(=O)Nc1nc2ccccc2s1. The van der Waals surface area contributed by atoms with Crippen LogP contribution in [0.2, 0.25) is 0 Å². The van der Waals surface area contributed by atoms with Gasteiger partial charge in [-0.3, -0.25) is 9.59 Å². The lowest BCUT2D eigenvalue weighted by atomic mass is 10.2. The molecular weight excluding hydrogens is 286 g/mol. The van der Waals surface area contributed by atoms with E-state index >= 15 is 0 Å². The third-order valence-corrected chi connectivity index (χ3v) is 3.92. The number of hydrogen-bond donors (Lipinski definition) is 2. The molecule has 21 heavy (non-hydrogen) atoms. The first kappa shape index (κ1) is 15.4. The molecule has 6 heteroatoms. The number of amides is 2. The molecule has 0 saturated heterocycles. The van der Waals surface area contributed by atoms with Crippen molar-refractivity contribution >= 4 is 38.5 Å². The van der Waals surface area contributed by atoms with Crippen LogP contribution < -0.4 is 10.6 Å². The van der Waals surface area contributed by atoms with E-state index in [1.54, 1.807) is 0 Å². The number of anilines is 1. The molecule has 0 spiro atoms. The minimum atomic E-state index is -0.181. The van der Waals surface area contributed by atoms with Crippen LogP contribution in [0.3, 0.4) is 0 Å². The van der Waals surface area contributed by atoms with E-state index in [0.717, 1.165) is 23.1 Å². The quantitative estimate of drug-likeness (QED) is 0.773. The summed E-state index contributed by atoms with van der Waals surface area (Å²) in [6.07, 6.45) is 2.39. The zero-order valence-electron chi connectivity index (χ0n) is 12.0. The molecule has 0 radical (unpaired) electrons. The molecule has 5 nitrogen and oxygen atoms in total. The average Bonchev–Trinajstić information content (AvgIpc) is 2.87. The van der Waals surface area contributed by atoms with Crippen molar-refractivity contribution in [1.82, 2.24) is 10.3 Å². The summed E-state index contributed by atoms with van der Waals surface area (Å²) in [4.78, 5) is 27.6. The van der Waals surface area contributed by atoms with Crippen LogP contribution in [0.25, 0.3) is 10.2 Å². The van der Waals surface area contributed by atoms with E-state index < -0.39 is 0 Å². The maximum Gasteiger partial charge on any atom is 0.226 e. The summed E-state index contributed by atoms with van der Waals surface area (Å²) in [5.74, 6) is -0.261. The number of unbranched alkanes of at least 4 members (excludes halogenated alkanes) is 1. The monoisotopic (exact) mass is 305 g/mol. The second-order valence-corrected chi connectivity index (χ2v) is 5.77. The van der Waals surface area contributed by atoms with Gasteiger partial charge in [0.25, 0.3) is 0 Å². The Labute approximate surface area is 127 Å². The maximum atomic E-state index is 11.8. The Bertz CT molecular complexity index is 591. The van der Waals surface area contributed by atoms with Gasteiger partial charge in [0.05, 0.1) is 10.2 Å². The van der Waals surface area contributed by atoms with Crippen LogP contribution >= 0.6 is 11.3 Å². The summed E-state index contributed by atoms with van der Waals surface area (Å²) in [5, 5.41) is 6.11. The van der Waals surface area contributed by atoms with Gasteiger partial charge in [0.15, 0.2) is 5.13 Å². The number of benzene rings is 1. The largest absolute Gasteiger partial charge is 0.356 e. The Morgan fingerprint density at radius 3 is 2.71 bits per heavy atom. The zero-order valence-corrected chi connectivity index (χ0v) is 12.8. The molecule has 0 aliphatic carbocycles. The predicted octanol–water partition coefficient (Wildman–Crippen LogP) is 2.93. The maximum absolute atomic E-state index is 11.8. The fourth-order valence-corrected chi connectivity index (χ4v) is 2.71. The first-order valence-electron chi connectivity index (χ1n) is 7.11. The molecule has 0 aliphatic rings. The summed E-state index contributed by atoms with van der Waals surface area (Å²) >= 11 is 1.43. The number of rotatable bonds is 7. The molecule has 0 saturated carbocycles. The van der Waals surface area contributed by atoms with Gasteiger partial charge >= 0.3 is 0 Å². The molecule has 1 aromatic carbocycles. The molecule has 1 heterocycles. The van der Waals surface area contributed by atoms with Gasteiger partial charge in [0.2, 0.25) is 11.8 Å². The number of nitrogens with one attached hydrogen (secondary N) is 2. The highest BCUT2D eigenvalue weighted by Gasteiger charge is 2.09. The topological polar surface area (TPSA) is 71.1 Å². The van der Waals surface area contributed by atoms with Crippen LogP contribution in [0.15, 0.2) is 24.3 Å². The number of carbonyl (C=O) groups excluding carboxylic acids is 2. The van der Waals surface area contributed by atoms with Gasteiger partial charge in [-0.2, -0.15) is 0 Å². The van der Waals surface area contributed by atoms with E-state index in [2.05, 4.69) is 22.5 Å². The van der Waals surface area contributed by atoms with Gasteiger partial charge in [-0.1, -0.05) is 36.8 Å². The fraction of sp³-hybridized carbons (Fsp3) is 0.400. The molecular formula is C15H19N3O2S. The molecule has 0 unspecified atom stereocenters. The molecule has 0 aliphatic heterocycles. The minimum absolute atomic E-state index is 0.0806. The van der Waals surface area contributed by atoms with Crippen LogP contribution in [-0.4, -0.2) is 23.3 Å². The third kappa shape index (κ3) is 4.82. The highest BCUT2D eigenvalue weighted by Crippen LogP contribution is 2.25. The lowest BCUT2D eigenvalue weighted by molar-refractivity contribution is -0.124. The van der Waals surface area contributed by atoms with Gasteiger partial charge in [0, 0.05) is 19.4 Å². The lowest BCUT2D eigenvalue weighted by Gasteiger charge is -2.04. The smallest absolute Gasteiger partial charge is 0.226 e. The number of carbonyl (C=O) groups is 2. The summed E-state index contributed by atoms with van der Waals surface area (Å²) in [5.41, 5.74) is 0.870. The van der Waals surface area contributed by atoms with E-state index in [1.165, 1.54) is 11.3 Å². The van der Waals surface area contributed by atoms with Crippen molar-refractivity contribution in [1.29, 1.82) is 0 Å². The first-order chi connectivity index (χ1) is 10.2. The van der Waals surface area contributed by atoms with Gasteiger partial charge in [-0.15, -0.1) is 0 Å². The van der Waals surface area contributed by atoms with Crippen LogP contribution in [0.4, 0.5) is 5.13 Å². The van der Waals surface area contributed by atoms with E-state index in [1.807, 2.05) is 24.3 Å². The summed E-state index contributed by atoms with van der Waals surface area (Å²) in [6, 6.07) is 7.72. The molecule has 2 amide bonds. The predicted molar refractivity (Wildman–Crippen MR) is 85.4 cm³/mol. The van der Waals surface area contributed by atoms with Crippen molar-refractivity contribution in [3.05, 3.63) is 24.3 Å². The normalized spacial score (nSPS) is 10.5. The second-order valence-electron chi connectivity index (χ2n) is 4.74. The first-order valence-corrected chi connectivity index (χ1v) is 7.93. The summed E-state index contributed by atoms with van der Waals surface area (Å²) < 4.78 is 1.03. The number of fused-ring (bicyclic) bond motifs is 1. The standard InChI is InChI=1S/C15H19N3O2S/c1-2-3-10-16-13(19)8-9-14(20)18-15-17-11-6-4-5-7-12(11)21-15/h4-7H,2-3,8-10H2,1H3,(H,16,19)(H,17,18,20). The minimum Gasteiger partial charge on any atom is -0.356 e. The van der Waals surface area contributed by atoms with E-state index in [0.29, 0.717) is 11.7 Å².